The third kappa shape index (κ3) is 5.50. The Morgan fingerprint density at radius 2 is 1.81 bits per heavy atom. The van der Waals surface area contributed by atoms with Gasteiger partial charge in [-0.1, -0.05) is 0 Å². The van der Waals surface area contributed by atoms with Crippen molar-refractivity contribution < 1.29 is 18.9 Å². The molecule has 1 aromatic carbocycles. The molecule has 0 aliphatic carbocycles. The number of ether oxygens (including phenoxy) is 4. The SMILES string of the molecule is Cc1nc(N2CCO[C@H](COC3CCCCO3)C2)cc(-n2ncc3cc(C)c(C4CCOCC4)cc32)n1. The number of anilines is 1. The average molecular weight is 508 g/mol. The first-order valence-electron chi connectivity index (χ1n) is 13.7. The Morgan fingerprint density at radius 1 is 0.946 bits per heavy atom. The van der Waals surface area contributed by atoms with Crippen LogP contribution in [0.1, 0.15) is 55.0 Å². The van der Waals surface area contributed by atoms with Crippen molar-refractivity contribution in [3.05, 3.63) is 41.3 Å². The molecule has 9 heteroatoms. The molecule has 5 heterocycles. The molecule has 0 N–H and O–H groups in total. The Bertz CT molecular complexity index is 1220. The third-order valence-electron chi connectivity index (χ3n) is 7.71. The number of rotatable bonds is 6. The summed E-state index contributed by atoms with van der Waals surface area (Å²) in [7, 11) is 0. The number of nitrogens with zero attached hydrogens (tertiary/aromatic N) is 5. The number of morpholine rings is 1. The van der Waals surface area contributed by atoms with Crippen LogP contribution in [-0.2, 0) is 18.9 Å². The molecule has 3 fully saturated rings. The van der Waals surface area contributed by atoms with Crippen LogP contribution in [0.25, 0.3) is 16.7 Å². The molecular weight excluding hydrogens is 470 g/mol. The van der Waals surface area contributed by atoms with E-state index in [0.29, 0.717) is 19.1 Å². The number of benzene rings is 1. The summed E-state index contributed by atoms with van der Waals surface area (Å²) in [4.78, 5) is 11.8. The van der Waals surface area contributed by atoms with E-state index in [2.05, 4.69) is 24.0 Å². The molecule has 3 aromatic rings. The molecule has 3 aliphatic heterocycles. The summed E-state index contributed by atoms with van der Waals surface area (Å²) in [6.07, 6.45) is 7.16. The maximum Gasteiger partial charge on any atom is 0.159 e. The van der Waals surface area contributed by atoms with E-state index in [1.807, 2.05) is 23.9 Å². The zero-order chi connectivity index (χ0) is 25.2. The van der Waals surface area contributed by atoms with Gasteiger partial charge in [-0.2, -0.15) is 5.10 Å². The number of hydrogen-bond acceptors (Lipinski definition) is 8. The van der Waals surface area contributed by atoms with Gasteiger partial charge < -0.3 is 23.8 Å². The van der Waals surface area contributed by atoms with Crippen LogP contribution < -0.4 is 4.90 Å². The molecule has 198 valence electrons. The first-order valence-corrected chi connectivity index (χ1v) is 13.7. The quantitative estimate of drug-likeness (QED) is 0.494. The molecule has 6 rings (SSSR count). The minimum atomic E-state index is -0.108. The standard InChI is InChI=1S/C28H37N5O4/c1-19-13-22-16-29-33(25(22)14-24(19)21-6-10-34-11-7-21)27-15-26(30-20(2)31-27)32-8-12-35-23(17-32)18-37-28-5-3-4-9-36-28/h13-16,21,23,28H,3-12,17-18H2,1-2H3/t23-,28?/m0/s1. The van der Waals surface area contributed by atoms with E-state index in [4.69, 9.17) is 34.0 Å². The van der Waals surface area contributed by atoms with Crippen LogP contribution in [0.5, 0.6) is 0 Å². The maximum atomic E-state index is 6.00. The lowest BCUT2D eigenvalue weighted by molar-refractivity contribution is -0.180. The molecular formula is C28H37N5O4. The molecule has 0 amide bonds. The summed E-state index contributed by atoms with van der Waals surface area (Å²) < 4.78 is 25.3. The number of hydrogen-bond donors (Lipinski definition) is 0. The van der Waals surface area contributed by atoms with Gasteiger partial charge in [-0.15, -0.1) is 0 Å². The van der Waals surface area contributed by atoms with Crippen molar-refractivity contribution in [3.8, 4) is 5.82 Å². The monoisotopic (exact) mass is 507 g/mol. The fourth-order valence-corrected chi connectivity index (χ4v) is 5.73. The summed E-state index contributed by atoms with van der Waals surface area (Å²) in [5.41, 5.74) is 3.79. The second kappa shape index (κ2) is 11.0. The number of aryl methyl sites for hydroxylation is 2. The largest absolute Gasteiger partial charge is 0.381 e. The smallest absolute Gasteiger partial charge is 0.159 e. The van der Waals surface area contributed by atoms with Crippen LogP contribution in [0.4, 0.5) is 5.82 Å². The van der Waals surface area contributed by atoms with E-state index in [1.54, 1.807) is 0 Å². The average Bonchev–Trinajstić information content (AvgIpc) is 3.35. The van der Waals surface area contributed by atoms with Gasteiger partial charge in [0.1, 0.15) is 11.6 Å². The minimum Gasteiger partial charge on any atom is -0.381 e. The van der Waals surface area contributed by atoms with Crippen LogP contribution >= 0.6 is 0 Å². The summed E-state index contributed by atoms with van der Waals surface area (Å²) >= 11 is 0. The Hall–Kier alpha value is -2.59. The molecule has 3 saturated heterocycles. The molecule has 37 heavy (non-hydrogen) atoms. The van der Waals surface area contributed by atoms with E-state index < -0.39 is 0 Å². The van der Waals surface area contributed by atoms with E-state index >= 15 is 0 Å². The fraction of sp³-hybridized carbons (Fsp3) is 0.607. The minimum absolute atomic E-state index is 0.0199. The molecule has 9 nitrogen and oxygen atoms in total. The van der Waals surface area contributed by atoms with Crippen molar-refractivity contribution in [1.82, 2.24) is 19.7 Å². The van der Waals surface area contributed by atoms with Crippen molar-refractivity contribution in [3.63, 3.8) is 0 Å². The van der Waals surface area contributed by atoms with Gasteiger partial charge in [0, 0.05) is 44.4 Å². The highest BCUT2D eigenvalue weighted by atomic mass is 16.7. The first-order chi connectivity index (χ1) is 18.1. The summed E-state index contributed by atoms with van der Waals surface area (Å²) in [5, 5.41) is 5.87. The summed E-state index contributed by atoms with van der Waals surface area (Å²) in [6.45, 7) is 9.24. The van der Waals surface area contributed by atoms with Gasteiger partial charge in [-0.05, 0) is 75.1 Å². The number of aromatic nitrogens is 4. The molecule has 0 saturated carbocycles. The lowest BCUT2D eigenvalue weighted by Gasteiger charge is -2.34. The van der Waals surface area contributed by atoms with Gasteiger partial charge >= 0.3 is 0 Å². The van der Waals surface area contributed by atoms with Crippen molar-refractivity contribution in [2.75, 3.05) is 51.0 Å². The molecule has 0 spiro atoms. The second-order valence-electron chi connectivity index (χ2n) is 10.4. The Morgan fingerprint density at radius 3 is 2.65 bits per heavy atom. The lowest BCUT2D eigenvalue weighted by Crippen LogP contribution is -2.45. The molecule has 2 atom stereocenters. The zero-order valence-corrected chi connectivity index (χ0v) is 21.9. The highest BCUT2D eigenvalue weighted by Crippen LogP contribution is 2.33. The van der Waals surface area contributed by atoms with Crippen molar-refractivity contribution >= 4 is 16.7 Å². The Labute approximate surface area is 218 Å². The Kier molecular flexibility index (Phi) is 7.37. The Balaban J connectivity index is 1.23. The van der Waals surface area contributed by atoms with E-state index in [9.17, 15) is 0 Å². The van der Waals surface area contributed by atoms with Crippen molar-refractivity contribution in [1.29, 1.82) is 0 Å². The van der Waals surface area contributed by atoms with E-state index in [-0.39, 0.29) is 12.4 Å². The molecule has 0 bridgehead atoms. The van der Waals surface area contributed by atoms with Crippen LogP contribution in [0, 0.1) is 13.8 Å². The van der Waals surface area contributed by atoms with Crippen molar-refractivity contribution in [2.24, 2.45) is 0 Å². The van der Waals surface area contributed by atoms with Gasteiger partial charge in [0.15, 0.2) is 12.1 Å². The molecule has 1 unspecified atom stereocenters. The van der Waals surface area contributed by atoms with Gasteiger partial charge in [-0.25, -0.2) is 14.6 Å². The molecule has 3 aliphatic rings. The van der Waals surface area contributed by atoms with Gasteiger partial charge in [0.2, 0.25) is 0 Å². The van der Waals surface area contributed by atoms with Crippen molar-refractivity contribution in [2.45, 2.75) is 64.3 Å². The van der Waals surface area contributed by atoms with Gasteiger partial charge in [0.05, 0.1) is 31.0 Å². The van der Waals surface area contributed by atoms with E-state index in [1.165, 1.54) is 11.1 Å². The van der Waals surface area contributed by atoms with E-state index in [0.717, 1.165) is 93.4 Å². The predicted molar refractivity (Wildman–Crippen MR) is 140 cm³/mol. The molecule has 0 radical (unpaired) electrons. The summed E-state index contributed by atoms with van der Waals surface area (Å²) in [6, 6.07) is 6.60. The summed E-state index contributed by atoms with van der Waals surface area (Å²) in [5.74, 6) is 2.93. The lowest BCUT2D eigenvalue weighted by atomic mass is 9.88. The van der Waals surface area contributed by atoms with Gasteiger partial charge in [-0.3, -0.25) is 0 Å². The molecule has 2 aromatic heterocycles. The van der Waals surface area contributed by atoms with Crippen LogP contribution in [0.3, 0.4) is 0 Å². The first kappa shape index (κ1) is 24.7. The maximum absolute atomic E-state index is 6.00. The second-order valence-corrected chi connectivity index (χ2v) is 10.4. The fourth-order valence-electron chi connectivity index (χ4n) is 5.73. The third-order valence-corrected chi connectivity index (χ3v) is 7.71. The highest BCUT2D eigenvalue weighted by molar-refractivity contribution is 5.82. The zero-order valence-electron chi connectivity index (χ0n) is 21.9. The highest BCUT2D eigenvalue weighted by Gasteiger charge is 2.25. The predicted octanol–water partition coefficient (Wildman–Crippen LogP) is 4.07. The van der Waals surface area contributed by atoms with Crippen LogP contribution in [-0.4, -0.2) is 78.3 Å². The van der Waals surface area contributed by atoms with Crippen LogP contribution in [0.2, 0.25) is 0 Å². The van der Waals surface area contributed by atoms with Crippen LogP contribution in [0.15, 0.2) is 24.4 Å². The normalized spacial score (nSPS) is 23.6. The van der Waals surface area contributed by atoms with Gasteiger partial charge in [0.25, 0.3) is 0 Å². The topological polar surface area (TPSA) is 83.8 Å². The number of fused-ring (bicyclic) bond motifs is 1.